The van der Waals surface area contributed by atoms with Crippen LogP contribution in [-0.2, 0) is 19.9 Å². The lowest BCUT2D eigenvalue weighted by atomic mass is 9.87. The van der Waals surface area contributed by atoms with Crippen LogP contribution in [0.25, 0.3) is 22.4 Å². The molecule has 0 fully saturated rings. The fraction of sp³-hybridized carbons (Fsp3) is 0.370. The van der Waals surface area contributed by atoms with E-state index < -0.39 is 0 Å². The molecule has 1 aliphatic rings. The first-order valence-electron chi connectivity index (χ1n) is 10.4. The Hall–Kier alpha value is -2.41. The van der Waals surface area contributed by atoms with Crippen molar-refractivity contribution >= 4 is 0 Å². The molecule has 1 heterocycles. The van der Waals surface area contributed by atoms with Crippen LogP contribution in [0.3, 0.4) is 0 Å². The van der Waals surface area contributed by atoms with Gasteiger partial charge in [-0.25, -0.2) is 4.57 Å². The number of nitrogens with zero attached hydrogens (tertiary/aromatic N) is 1. The van der Waals surface area contributed by atoms with Crippen LogP contribution in [0.2, 0.25) is 0 Å². The van der Waals surface area contributed by atoms with Crippen molar-refractivity contribution in [2.75, 3.05) is 0 Å². The van der Waals surface area contributed by atoms with Crippen LogP contribution >= 0.6 is 0 Å². The maximum absolute atomic E-state index is 2.44. The molecule has 0 radical (unpaired) electrons. The summed E-state index contributed by atoms with van der Waals surface area (Å²) in [6, 6.07) is 14.1. The van der Waals surface area contributed by atoms with Crippen molar-refractivity contribution in [1.29, 1.82) is 0 Å². The highest BCUT2D eigenvalue weighted by Crippen LogP contribution is 2.43. The smallest absolute Gasteiger partial charge is 0.201 e. The van der Waals surface area contributed by atoms with Crippen LogP contribution in [0.4, 0.5) is 0 Å². The Morgan fingerprint density at radius 1 is 0.857 bits per heavy atom. The predicted octanol–water partition coefficient (Wildman–Crippen LogP) is 6.26. The van der Waals surface area contributed by atoms with Crippen LogP contribution in [-0.4, -0.2) is 0 Å². The molecule has 0 bridgehead atoms. The van der Waals surface area contributed by atoms with Crippen molar-refractivity contribution in [3.63, 3.8) is 0 Å². The van der Waals surface area contributed by atoms with Gasteiger partial charge in [-0.05, 0) is 78.0 Å². The molecule has 0 saturated carbocycles. The fourth-order valence-electron chi connectivity index (χ4n) is 4.63. The molecule has 0 N–H and O–H groups in total. The maximum Gasteiger partial charge on any atom is 0.213 e. The van der Waals surface area contributed by atoms with Gasteiger partial charge in [-0.3, -0.25) is 0 Å². The predicted molar refractivity (Wildman–Crippen MR) is 119 cm³/mol. The topological polar surface area (TPSA) is 3.88 Å². The number of benzene rings is 2. The monoisotopic (exact) mass is 370 g/mol. The summed E-state index contributed by atoms with van der Waals surface area (Å²) in [6.45, 7) is 13.6. The van der Waals surface area contributed by atoms with Gasteiger partial charge in [0, 0.05) is 11.6 Å². The second kappa shape index (κ2) is 6.58. The standard InChI is InChI=1S/C27H32N/c1-17-8-11-22-23-13-20(15-27(4,5)6)9-10-21(23)14-24(22)26(17)25-12-18(2)19(3)16-28(25)7/h8-13,16H,14-15H2,1-7H3/q+1. The molecule has 1 aromatic heterocycles. The first-order valence-corrected chi connectivity index (χ1v) is 10.4. The van der Waals surface area contributed by atoms with E-state index >= 15 is 0 Å². The first-order chi connectivity index (χ1) is 13.1. The van der Waals surface area contributed by atoms with Gasteiger partial charge in [0.1, 0.15) is 7.05 Å². The second-order valence-electron chi connectivity index (χ2n) is 9.82. The molecule has 2 aromatic carbocycles. The Morgan fingerprint density at radius 3 is 2.32 bits per heavy atom. The minimum atomic E-state index is 0.307. The van der Waals surface area contributed by atoms with Crippen LogP contribution in [0.5, 0.6) is 0 Å². The van der Waals surface area contributed by atoms with Crippen molar-refractivity contribution in [2.24, 2.45) is 12.5 Å². The molecule has 1 heteroatoms. The Kier molecular flexibility index (Phi) is 4.45. The lowest BCUT2D eigenvalue weighted by molar-refractivity contribution is -0.660. The Morgan fingerprint density at radius 2 is 1.61 bits per heavy atom. The fourth-order valence-corrected chi connectivity index (χ4v) is 4.63. The van der Waals surface area contributed by atoms with Gasteiger partial charge >= 0.3 is 0 Å². The molecule has 0 atom stereocenters. The number of rotatable bonds is 2. The Labute approximate surface area is 170 Å². The summed E-state index contributed by atoms with van der Waals surface area (Å²) in [5.41, 5.74) is 14.3. The molecule has 0 unspecified atom stereocenters. The minimum absolute atomic E-state index is 0.307. The van der Waals surface area contributed by atoms with Gasteiger partial charge in [0.15, 0.2) is 6.20 Å². The average molecular weight is 371 g/mol. The van der Waals surface area contributed by atoms with E-state index in [2.05, 4.69) is 95.8 Å². The summed E-state index contributed by atoms with van der Waals surface area (Å²) in [7, 11) is 2.17. The quantitative estimate of drug-likeness (QED) is 0.366. The van der Waals surface area contributed by atoms with E-state index in [1.165, 1.54) is 55.8 Å². The molecule has 3 aromatic rings. The highest BCUT2D eigenvalue weighted by atomic mass is 14.9. The average Bonchev–Trinajstić information content (AvgIpc) is 2.95. The second-order valence-corrected chi connectivity index (χ2v) is 9.82. The summed E-state index contributed by atoms with van der Waals surface area (Å²) >= 11 is 0. The Bertz CT molecular complexity index is 1080. The molecule has 28 heavy (non-hydrogen) atoms. The molecule has 144 valence electrons. The van der Waals surface area contributed by atoms with Gasteiger partial charge in [-0.1, -0.05) is 51.1 Å². The van der Waals surface area contributed by atoms with Crippen LogP contribution in [0, 0.1) is 26.2 Å². The SMILES string of the molecule is Cc1cc(-c2c(C)ccc3c2Cc2ccc(CC(C)(C)C)cc2-3)[n+](C)cc1C. The van der Waals surface area contributed by atoms with E-state index in [0.717, 1.165) is 12.8 Å². The van der Waals surface area contributed by atoms with E-state index in [4.69, 9.17) is 0 Å². The highest BCUT2D eigenvalue weighted by molar-refractivity contribution is 5.85. The van der Waals surface area contributed by atoms with E-state index in [-0.39, 0.29) is 0 Å². The van der Waals surface area contributed by atoms with Gasteiger partial charge < -0.3 is 0 Å². The van der Waals surface area contributed by atoms with Crippen LogP contribution < -0.4 is 4.57 Å². The highest BCUT2D eigenvalue weighted by Gasteiger charge is 2.27. The van der Waals surface area contributed by atoms with E-state index in [0.29, 0.717) is 5.41 Å². The minimum Gasteiger partial charge on any atom is -0.201 e. The number of aryl methyl sites for hydroxylation is 4. The largest absolute Gasteiger partial charge is 0.213 e. The third-order valence-corrected chi connectivity index (χ3v) is 6.09. The molecule has 0 saturated heterocycles. The van der Waals surface area contributed by atoms with Crippen molar-refractivity contribution < 1.29 is 4.57 Å². The number of fused-ring (bicyclic) bond motifs is 3. The molecule has 1 nitrogen and oxygen atoms in total. The number of hydrogen-bond donors (Lipinski definition) is 0. The zero-order valence-corrected chi connectivity index (χ0v) is 18.4. The van der Waals surface area contributed by atoms with E-state index in [1.807, 2.05) is 0 Å². The van der Waals surface area contributed by atoms with E-state index in [1.54, 1.807) is 0 Å². The molecular formula is C27H32N+. The normalized spacial score (nSPS) is 12.8. The zero-order valence-electron chi connectivity index (χ0n) is 18.4. The lowest BCUT2D eigenvalue weighted by Gasteiger charge is -2.18. The molecular weight excluding hydrogens is 338 g/mol. The molecule has 4 rings (SSSR count). The molecule has 0 aliphatic heterocycles. The number of aromatic nitrogens is 1. The summed E-state index contributed by atoms with van der Waals surface area (Å²) in [5, 5.41) is 0. The van der Waals surface area contributed by atoms with Crippen LogP contribution in [0.15, 0.2) is 42.6 Å². The third-order valence-electron chi connectivity index (χ3n) is 6.09. The summed E-state index contributed by atoms with van der Waals surface area (Å²) in [6.07, 6.45) is 4.40. The zero-order chi connectivity index (χ0) is 20.2. The van der Waals surface area contributed by atoms with Crippen molar-refractivity contribution in [3.05, 3.63) is 76.0 Å². The van der Waals surface area contributed by atoms with Crippen LogP contribution in [0.1, 0.15) is 54.2 Å². The van der Waals surface area contributed by atoms with Gasteiger partial charge in [0.25, 0.3) is 0 Å². The Balaban J connectivity index is 1.88. The summed E-state index contributed by atoms with van der Waals surface area (Å²) in [4.78, 5) is 0. The summed E-state index contributed by atoms with van der Waals surface area (Å²) in [5.74, 6) is 0. The molecule has 0 amide bonds. The first kappa shape index (κ1) is 18.9. The van der Waals surface area contributed by atoms with Crippen molar-refractivity contribution in [2.45, 2.75) is 54.4 Å². The van der Waals surface area contributed by atoms with Gasteiger partial charge in [-0.15, -0.1) is 0 Å². The van der Waals surface area contributed by atoms with Gasteiger partial charge in [-0.2, -0.15) is 0 Å². The van der Waals surface area contributed by atoms with Gasteiger partial charge in [0.05, 0.1) is 5.56 Å². The number of pyridine rings is 1. The van der Waals surface area contributed by atoms with Crippen molar-refractivity contribution in [3.8, 4) is 22.4 Å². The van der Waals surface area contributed by atoms with Crippen molar-refractivity contribution in [1.82, 2.24) is 0 Å². The lowest BCUT2D eigenvalue weighted by Crippen LogP contribution is -2.32. The van der Waals surface area contributed by atoms with Gasteiger partial charge in [0.2, 0.25) is 5.69 Å². The third kappa shape index (κ3) is 3.28. The summed E-state index contributed by atoms with van der Waals surface area (Å²) < 4.78 is 2.29. The molecule has 1 aliphatic carbocycles. The number of hydrogen-bond acceptors (Lipinski definition) is 0. The van der Waals surface area contributed by atoms with E-state index in [9.17, 15) is 0 Å². The molecule has 0 spiro atoms. The maximum atomic E-state index is 2.44.